The third-order valence-corrected chi connectivity index (χ3v) is 3.10. The van der Waals surface area contributed by atoms with E-state index in [1.54, 1.807) is 24.3 Å². The lowest BCUT2D eigenvalue weighted by molar-refractivity contribution is -0.144. The highest BCUT2D eigenvalue weighted by molar-refractivity contribution is 5.97. The Kier molecular flexibility index (Phi) is 5.93. The fourth-order valence-corrected chi connectivity index (χ4v) is 1.71. The van der Waals surface area contributed by atoms with Gasteiger partial charge in [-0.3, -0.25) is 9.59 Å². The molecule has 0 atom stereocenters. The van der Waals surface area contributed by atoms with Crippen LogP contribution in [0, 0.1) is 6.92 Å². The first-order valence-electron chi connectivity index (χ1n) is 6.59. The van der Waals surface area contributed by atoms with Crippen LogP contribution in [0.5, 0.6) is 0 Å². The number of alkyl halides is 3. The summed E-state index contributed by atoms with van der Waals surface area (Å²) in [6.07, 6.45) is -5.41. The van der Waals surface area contributed by atoms with Crippen molar-refractivity contribution in [3.05, 3.63) is 35.4 Å². The highest BCUT2D eigenvalue weighted by Crippen LogP contribution is 2.19. The second-order valence-corrected chi connectivity index (χ2v) is 4.97. The first kappa shape index (κ1) is 17.2. The summed E-state index contributed by atoms with van der Waals surface area (Å²) in [6.45, 7) is 1.51. The van der Waals surface area contributed by atoms with Crippen LogP contribution in [-0.4, -0.2) is 36.4 Å². The van der Waals surface area contributed by atoms with E-state index in [-0.39, 0.29) is 25.2 Å². The molecule has 1 amide bonds. The van der Waals surface area contributed by atoms with Crippen LogP contribution >= 0.6 is 0 Å². The van der Waals surface area contributed by atoms with Gasteiger partial charge in [0.25, 0.3) is 0 Å². The Labute approximate surface area is 121 Å². The molecule has 0 aromatic heterocycles. The van der Waals surface area contributed by atoms with Crippen molar-refractivity contribution in [2.24, 2.45) is 0 Å². The smallest absolute Gasteiger partial charge is 0.345 e. The summed E-state index contributed by atoms with van der Waals surface area (Å²) in [7, 11) is 1.31. The van der Waals surface area contributed by atoms with Gasteiger partial charge in [-0.2, -0.15) is 13.2 Å². The van der Waals surface area contributed by atoms with Gasteiger partial charge < -0.3 is 4.90 Å². The number of halogens is 3. The zero-order valence-electron chi connectivity index (χ0n) is 12.0. The average molecular weight is 301 g/mol. The number of benzene rings is 1. The van der Waals surface area contributed by atoms with Gasteiger partial charge in [0.05, 0.1) is 6.42 Å². The molecule has 1 aromatic carbocycles. The molecule has 1 aromatic rings. The molecule has 0 saturated heterocycles. The second kappa shape index (κ2) is 7.24. The van der Waals surface area contributed by atoms with Crippen LogP contribution < -0.4 is 0 Å². The van der Waals surface area contributed by atoms with E-state index in [2.05, 4.69) is 0 Å². The standard InChI is InChI=1S/C15H18F3NO2/c1-11-3-5-12(6-4-11)13(20)7-8-14(21)19(2)10-9-15(16,17)18/h3-6H,7-10H2,1-2H3. The zero-order chi connectivity index (χ0) is 16.0. The van der Waals surface area contributed by atoms with E-state index in [9.17, 15) is 22.8 Å². The van der Waals surface area contributed by atoms with Gasteiger partial charge in [0.2, 0.25) is 5.91 Å². The van der Waals surface area contributed by atoms with Crippen LogP contribution in [0.4, 0.5) is 13.2 Å². The first-order valence-corrected chi connectivity index (χ1v) is 6.59. The highest BCUT2D eigenvalue weighted by Gasteiger charge is 2.28. The summed E-state index contributed by atoms with van der Waals surface area (Å²) in [5, 5.41) is 0. The normalized spacial score (nSPS) is 11.3. The van der Waals surface area contributed by atoms with Crippen molar-refractivity contribution < 1.29 is 22.8 Å². The van der Waals surface area contributed by atoms with Crippen molar-refractivity contribution in [1.29, 1.82) is 0 Å². The minimum Gasteiger partial charge on any atom is -0.345 e. The molecule has 0 fully saturated rings. The Morgan fingerprint density at radius 2 is 1.67 bits per heavy atom. The number of hydrogen-bond donors (Lipinski definition) is 0. The van der Waals surface area contributed by atoms with Crippen LogP contribution in [0.25, 0.3) is 0 Å². The van der Waals surface area contributed by atoms with E-state index >= 15 is 0 Å². The molecule has 0 spiro atoms. The van der Waals surface area contributed by atoms with E-state index in [1.165, 1.54) is 7.05 Å². The van der Waals surface area contributed by atoms with Gasteiger partial charge in [-0.05, 0) is 6.92 Å². The van der Waals surface area contributed by atoms with E-state index in [0.717, 1.165) is 10.5 Å². The summed E-state index contributed by atoms with van der Waals surface area (Å²) in [5.41, 5.74) is 1.53. The molecule has 6 heteroatoms. The SMILES string of the molecule is Cc1ccc(C(=O)CCC(=O)N(C)CCC(F)(F)F)cc1. The van der Waals surface area contributed by atoms with Crippen molar-refractivity contribution in [2.75, 3.05) is 13.6 Å². The van der Waals surface area contributed by atoms with Gasteiger partial charge in [0.1, 0.15) is 0 Å². The molecular weight excluding hydrogens is 283 g/mol. The zero-order valence-corrected chi connectivity index (χ0v) is 12.0. The topological polar surface area (TPSA) is 37.4 Å². The molecular formula is C15H18F3NO2. The second-order valence-electron chi connectivity index (χ2n) is 4.97. The third-order valence-electron chi connectivity index (χ3n) is 3.10. The summed E-state index contributed by atoms with van der Waals surface area (Å²) in [5.74, 6) is -0.646. The first-order chi connectivity index (χ1) is 9.69. The number of amides is 1. The summed E-state index contributed by atoms with van der Waals surface area (Å²) in [6, 6.07) is 6.94. The Hall–Kier alpha value is -1.85. The molecule has 0 saturated carbocycles. The van der Waals surface area contributed by atoms with Crippen LogP contribution in [0.2, 0.25) is 0 Å². The van der Waals surface area contributed by atoms with Crippen molar-refractivity contribution in [2.45, 2.75) is 32.4 Å². The summed E-state index contributed by atoms with van der Waals surface area (Å²) >= 11 is 0. The fraction of sp³-hybridized carbons (Fsp3) is 0.467. The predicted octanol–water partition coefficient (Wildman–Crippen LogP) is 3.37. The number of ketones is 1. The molecule has 3 nitrogen and oxygen atoms in total. The van der Waals surface area contributed by atoms with E-state index in [0.29, 0.717) is 5.56 Å². The highest BCUT2D eigenvalue weighted by atomic mass is 19.4. The lowest BCUT2D eigenvalue weighted by atomic mass is 10.0. The van der Waals surface area contributed by atoms with Crippen LogP contribution in [0.3, 0.4) is 0 Å². The lowest BCUT2D eigenvalue weighted by Gasteiger charge is -2.17. The molecule has 116 valence electrons. The molecule has 0 N–H and O–H groups in total. The molecule has 0 radical (unpaired) electrons. The van der Waals surface area contributed by atoms with Gasteiger partial charge in [-0.1, -0.05) is 29.8 Å². The van der Waals surface area contributed by atoms with E-state index in [4.69, 9.17) is 0 Å². The number of carbonyl (C=O) groups excluding carboxylic acids is 2. The quantitative estimate of drug-likeness (QED) is 0.755. The predicted molar refractivity (Wildman–Crippen MR) is 73.1 cm³/mol. The number of hydrogen-bond acceptors (Lipinski definition) is 2. The van der Waals surface area contributed by atoms with Gasteiger partial charge >= 0.3 is 6.18 Å². The Morgan fingerprint density at radius 1 is 1.10 bits per heavy atom. The third kappa shape index (κ3) is 6.42. The van der Waals surface area contributed by atoms with Gasteiger partial charge in [0.15, 0.2) is 5.78 Å². The number of nitrogens with zero attached hydrogens (tertiary/aromatic N) is 1. The van der Waals surface area contributed by atoms with Crippen LogP contribution in [-0.2, 0) is 4.79 Å². The van der Waals surface area contributed by atoms with Crippen molar-refractivity contribution >= 4 is 11.7 Å². The van der Waals surface area contributed by atoms with Crippen molar-refractivity contribution in [1.82, 2.24) is 4.90 Å². The van der Waals surface area contributed by atoms with Crippen molar-refractivity contribution in [3.8, 4) is 0 Å². The Balaban J connectivity index is 2.41. The summed E-state index contributed by atoms with van der Waals surface area (Å²) in [4.78, 5) is 24.5. The minimum absolute atomic E-state index is 0.00173. The Bertz CT molecular complexity index is 495. The molecule has 0 unspecified atom stereocenters. The van der Waals surface area contributed by atoms with Gasteiger partial charge in [-0.15, -0.1) is 0 Å². The molecule has 0 aliphatic carbocycles. The van der Waals surface area contributed by atoms with Gasteiger partial charge in [-0.25, -0.2) is 0 Å². The molecule has 1 rings (SSSR count). The van der Waals surface area contributed by atoms with E-state index in [1.807, 2.05) is 6.92 Å². The number of carbonyl (C=O) groups is 2. The minimum atomic E-state index is -4.29. The molecule has 0 bridgehead atoms. The molecule has 21 heavy (non-hydrogen) atoms. The maximum Gasteiger partial charge on any atom is 0.390 e. The van der Waals surface area contributed by atoms with Crippen LogP contribution in [0.15, 0.2) is 24.3 Å². The largest absolute Gasteiger partial charge is 0.390 e. The van der Waals surface area contributed by atoms with Crippen LogP contribution in [0.1, 0.15) is 35.2 Å². The molecule has 0 aliphatic heterocycles. The molecule has 0 aliphatic rings. The monoisotopic (exact) mass is 301 g/mol. The maximum atomic E-state index is 12.1. The lowest BCUT2D eigenvalue weighted by Crippen LogP contribution is -2.30. The van der Waals surface area contributed by atoms with E-state index < -0.39 is 18.5 Å². The Morgan fingerprint density at radius 3 is 2.19 bits per heavy atom. The van der Waals surface area contributed by atoms with Crippen molar-refractivity contribution in [3.63, 3.8) is 0 Å². The van der Waals surface area contributed by atoms with Gasteiger partial charge in [0, 0.05) is 32.0 Å². The number of Topliss-reactive ketones (excluding diaryl/α,β-unsaturated/α-hetero) is 1. The summed E-state index contributed by atoms with van der Waals surface area (Å²) < 4.78 is 36.2. The average Bonchev–Trinajstić information content (AvgIpc) is 2.41. The molecule has 0 heterocycles. The maximum absolute atomic E-state index is 12.1. The fourth-order valence-electron chi connectivity index (χ4n) is 1.71. The number of aryl methyl sites for hydroxylation is 1. The number of rotatable bonds is 6.